The molecule has 0 aromatic carbocycles. The van der Waals surface area contributed by atoms with Gasteiger partial charge in [-0.05, 0) is 31.6 Å². The predicted molar refractivity (Wildman–Crippen MR) is 100 cm³/mol. The Balaban J connectivity index is 1.54. The largest absolute Gasteiger partial charge is 0.385 e. The Kier molecular flexibility index (Phi) is 6.58. The molecule has 3 rings (SSSR count). The van der Waals surface area contributed by atoms with E-state index >= 15 is 0 Å². The number of likely N-dealkylation sites (tertiary alicyclic amines) is 1. The standard InChI is InChI=1S/C18H28N4O3S/c1-3-4-15-19-20-18(26-15)22-12-14(11-16(22)23)17(24)21-8-5-13(6-9-21)7-10-25-2/h13-14H,3-12H2,1-2H3. The molecule has 0 saturated carbocycles. The third-order valence-corrected chi connectivity index (χ3v) is 6.29. The molecule has 1 atom stereocenters. The van der Waals surface area contributed by atoms with E-state index in [1.807, 2.05) is 4.90 Å². The number of aryl methyl sites for hydroxylation is 1. The van der Waals surface area contributed by atoms with E-state index in [4.69, 9.17) is 4.74 Å². The molecule has 2 fully saturated rings. The second-order valence-corrected chi connectivity index (χ2v) is 8.22. The first-order valence-electron chi connectivity index (χ1n) is 9.52. The molecule has 2 saturated heterocycles. The van der Waals surface area contributed by atoms with E-state index in [-0.39, 0.29) is 24.2 Å². The quantitative estimate of drug-likeness (QED) is 0.724. The number of ether oxygens (including phenoxy) is 1. The highest BCUT2D eigenvalue weighted by molar-refractivity contribution is 7.15. The molecule has 0 N–H and O–H groups in total. The first-order chi connectivity index (χ1) is 12.6. The van der Waals surface area contributed by atoms with E-state index < -0.39 is 0 Å². The molecular weight excluding hydrogens is 352 g/mol. The van der Waals surface area contributed by atoms with Gasteiger partial charge in [0.25, 0.3) is 0 Å². The normalized spacial score (nSPS) is 21.6. The van der Waals surface area contributed by atoms with Crippen molar-refractivity contribution in [2.75, 3.05) is 38.3 Å². The van der Waals surface area contributed by atoms with Crippen LogP contribution in [0.25, 0.3) is 0 Å². The van der Waals surface area contributed by atoms with E-state index in [9.17, 15) is 9.59 Å². The fourth-order valence-electron chi connectivity index (χ4n) is 3.71. The number of hydrogen-bond acceptors (Lipinski definition) is 6. The van der Waals surface area contributed by atoms with Crippen LogP contribution in [0.3, 0.4) is 0 Å². The molecule has 7 nitrogen and oxygen atoms in total. The lowest BCUT2D eigenvalue weighted by Crippen LogP contribution is -2.42. The molecule has 2 amide bonds. The fourth-order valence-corrected chi connectivity index (χ4v) is 4.68. The van der Waals surface area contributed by atoms with Gasteiger partial charge >= 0.3 is 0 Å². The Labute approximate surface area is 158 Å². The van der Waals surface area contributed by atoms with Crippen LogP contribution in [-0.4, -0.2) is 60.3 Å². The molecule has 2 aliphatic rings. The van der Waals surface area contributed by atoms with E-state index in [1.54, 1.807) is 12.0 Å². The lowest BCUT2D eigenvalue weighted by molar-refractivity contribution is -0.137. The number of nitrogens with zero attached hydrogens (tertiary/aromatic N) is 4. The number of carbonyl (C=O) groups excluding carboxylic acids is 2. The molecule has 2 aliphatic heterocycles. The molecule has 144 valence electrons. The summed E-state index contributed by atoms with van der Waals surface area (Å²) in [5.74, 6) is 0.484. The second-order valence-electron chi connectivity index (χ2n) is 7.18. The molecule has 26 heavy (non-hydrogen) atoms. The van der Waals surface area contributed by atoms with Crippen molar-refractivity contribution < 1.29 is 14.3 Å². The zero-order valence-corrected chi connectivity index (χ0v) is 16.5. The molecule has 1 unspecified atom stereocenters. The summed E-state index contributed by atoms with van der Waals surface area (Å²) < 4.78 is 5.15. The van der Waals surface area contributed by atoms with E-state index in [0.717, 1.165) is 56.8 Å². The second kappa shape index (κ2) is 8.90. The van der Waals surface area contributed by atoms with Gasteiger partial charge in [-0.1, -0.05) is 18.3 Å². The number of hydrogen-bond donors (Lipinski definition) is 0. The summed E-state index contributed by atoms with van der Waals surface area (Å²) in [7, 11) is 1.73. The summed E-state index contributed by atoms with van der Waals surface area (Å²) in [6.07, 6.45) is 5.27. The molecule has 0 bridgehead atoms. The van der Waals surface area contributed by atoms with Crippen molar-refractivity contribution in [1.29, 1.82) is 0 Å². The number of anilines is 1. The van der Waals surface area contributed by atoms with Crippen LogP contribution in [0.5, 0.6) is 0 Å². The average molecular weight is 381 g/mol. The van der Waals surface area contributed by atoms with Crippen LogP contribution in [0.2, 0.25) is 0 Å². The van der Waals surface area contributed by atoms with Gasteiger partial charge in [0.15, 0.2) is 0 Å². The number of amides is 2. The van der Waals surface area contributed by atoms with Gasteiger partial charge in [-0.3, -0.25) is 14.5 Å². The predicted octanol–water partition coefficient (Wildman–Crippen LogP) is 2.12. The Morgan fingerprint density at radius 2 is 2.08 bits per heavy atom. The van der Waals surface area contributed by atoms with Gasteiger partial charge in [-0.25, -0.2) is 0 Å². The smallest absolute Gasteiger partial charge is 0.229 e. The minimum Gasteiger partial charge on any atom is -0.385 e. The summed E-state index contributed by atoms with van der Waals surface area (Å²) in [6, 6.07) is 0. The van der Waals surface area contributed by atoms with Crippen molar-refractivity contribution >= 4 is 28.3 Å². The molecule has 3 heterocycles. The zero-order chi connectivity index (χ0) is 18.5. The number of carbonyl (C=O) groups is 2. The molecule has 0 aliphatic carbocycles. The molecule has 1 aromatic heterocycles. The van der Waals surface area contributed by atoms with E-state index in [2.05, 4.69) is 17.1 Å². The molecule has 0 spiro atoms. The van der Waals surface area contributed by atoms with Crippen LogP contribution < -0.4 is 4.90 Å². The first-order valence-corrected chi connectivity index (χ1v) is 10.3. The van der Waals surface area contributed by atoms with Crippen LogP contribution in [0.15, 0.2) is 0 Å². The topological polar surface area (TPSA) is 75.6 Å². The molecule has 8 heteroatoms. The monoisotopic (exact) mass is 380 g/mol. The Morgan fingerprint density at radius 1 is 1.31 bits per heavy atom. The highest BCUT2D eigenvalue weighted by atomic mass is 32.1. The lowest BCUT2D eigenvalue weighted by Gasteiger charge is -2.33. The van der Waals surface area contributed by atoms with Gasteiger partial charge in [0.1, 0.15) is 5.01 Å². The van der Waals surface area contributed by atoms with Crippen molar-refractivity contribution in [2.24, 2.45) is 11.8 Å². The van der Waals surface area contributed by atoms with E-state index in [1.165, 1.54) is 11.3 Å². The lowest BCUT2D eigenvalue weighted by atomic mass is 9.93. The minimum absolute atomic E-state index is 0.0162. The van der Waals surface area contributed by atoms with Crippen LogP contribution in [0.4, 0.5) is 5.13 Å². The molecule has 1 aromatic rings. The third-order valence-electron chi connectivity index (χ3n) is 5.28. The molecular formula is C18H28N4O3S. The Morgan fingerprint density at radius 3 is 2.77 bits per heavy atom. The van der Waals surface area contributed by atoms with Crippen molar-refractivity contribution in [3.05, 3.63) is 5.01 Å². The summed E-state index contributed by atoms with van der Waals surface area (Å²) in [6.45, 7) is 4.89. The number of aromatic nitrogens is 2. The van der Waals surface area contributed by atoms with Crippen LogP contribution in [0.1, 0.15) is 44.0 Å². The average Bonchev–Trinajstić information content (AvgIpc) is 3.26. The SMILES string of the molecule is CCCc1nnc(N2CC(C(=O)N3CCC(CCOC)CC3)CC2=O)s1. The maximum atomic E-state index is 12.8. The summed E-state index contributed by atoms with van der Waals surface area (Å²) in [5.41, 5.74) is 0. The minimum atomic E-state index is -0.253. The van der Waals surface area contributed by atoms with Crippen LogP contribution >= 0.6 is 11.3 Å². The van der Waals surface area contributed by atoms with E-state index in [0.29, 0.717) is 17.6 Å². The Bertz CT molecular complexity index is 628. The first kappa shape index (κ1) is 19.2. The maximum Gasteiger partial charge on any atom is 0.229 e. The summed E-state index contributed by atoms with van der Waals surface area (Å²) in [5, 5.41) is 9.87. The van der Waals surface area contributed by atoms with Gasteiger partial charge in [-0.2, -0.15) is 0 Å². The van der Waals surface area contributed by atoms with Gasteiger partial charge in [0, 0.05) is 46.2 Å². The zero-order valence-electron chi connectivity index (χ0n) is 15.6. The van der Waals surface area contributed by atoms with Crippen molar-refractivity contribution in [3.8, 4) is 0 Å². The highest BCUT2D eigenvalue weighted by Crippen LogP contribution is 2.30. The third kappa shape index (κ3) is 4.40. The van der Waals surface area contributed by atoms with Crippen LogP contribution in [0, 0.1) is 11.8 Å². The summed E-state index contributed by atoms with van der Waals surface area (Å²) in [4.78, 5) is 28.8. The van der Waals surface area contributed by atoms with Crippen molar-refractivity contribution in [1.82, 2.24) is 15.1 Å². The number of piperidine rings is 1. The Hall–Kier alpha value is -1.54. The van der Waals surface area contributed by atoms with Gasteiger partial charge in [-0.15, -0.1) is 10.2 Å². The fraction of sp³-hybridized carbons (Fsp3) is 0.778. The van der Waals surface area contributed by atoms with Crippen LogP contribution in [-0.2, 0) is 20.7 Å². The van der Waals surface area contributed by atoms with Crippen molar-refractivity contribution in [2.45, 2.75) is 45.4 Å². The van der Waals surface area contributed by atoms with Crippen molar-refractivity contribution in [3.63, 3.8) is 0 Å². The maximum absolute atomic E-state index is 12.8. The highest BCUT2D eigenvalue weighted by Gasteiger charge is 2.39. The number of methoxy groups -OCH3 is 1. The number of rotatable bonds is 7. The van der Waals surface area contributed by atoms with Gasteiger partial charge in [0.2, 0.25) is 16.9 Å². The summed E-state index contributed by atoms with van der Waals surface area (Å²) >= 11 is 1.46. The van der Waals surface area contributed by atoms with Gasteiger partial charge in [0.05, 0.1) is 5.92 Å². The molecule has 0 radical (unpaired) electrons. The van der Waals surface area contributed by atoms with Gasteiger partial charge < -0.3 is 9.64 Å².